The molecule has 0 bridgehead atoms. The first-order valence-electron chi connectivity index (χ1n) is 10.1. The molecule has 0 aliphatic carbocycles. The van der Waals surface area contributed by atoms with Crippen molar-refractivity contribution in [1.82, 2.24) is 4.90 Å². The van der Waals surface area contributed by atoms with Crippen LogP contribution in [0.4, 0.5) is 5.00 Å². The van der Waals surface area contributed by atoms with Gasteiger partial charge in [-0.2, -0.15) is 0 Å². The summed E-state index contributed by atoms with van der Waals surface area (Å²) in [7, 11) is 0. The Morgan fingerprint density at radius 3 is 2.63 bits per heavy atom. The third-order valence-corrected chi connectivity index (χ3v) is 6.55. The summed E-state index contributed by atoms with van der Waals surface area (Å²) in [5.41, 5.74) is 4.43. The molecule has 4 rings (SSSR count). The summed E-state index contributed by atoms with van der Waals surface area (Å²) in [6.45, 7) is 3.80. The van der Waals surface area contributed by atoms with Crippen molar-refractivity contribution in [3.8, 4) is 0 Å². The van der Waals surface area contributed by atoms with Gasteiger partial charge >= 0.3 is 5.97 Å². The number of thiophene rings is 1. The Kier molecular flexibility index (Phi) is 6.45. The Labute approximate surface area is 186 Å². The molecule has 1 aliphatic heterocycles. The maximum atomic E-state index is 12.5. The lowest BCUT2D eigenvalue weighted by Crippen LogP contribution is -2.38. The van der Waals surface area contributed by atoms with E-state index < -0.39 is 0 Å². The van der Waals surface area contributed by atoms with Crippen molar-refractivity contribution in [3.05, 3.63) is 87.8 Å². The number of fused-ring (bicyclic) bond motifs is 1. The van der Waals surface area contributed by atoms with Gasteiger partial charge in [0.15, 0.2) is 5.11 Å². The van der Waals surface area contributed by atoms with Crippen LogP contribution in [0.15, 0.2) is 60.7 Å². The molecular formula is C24H24N2O2S2. The lowest BCUT2D eigenvalue weighted by atomic mass is 10.0. The molecule has 4 nitrogen and oxygen atoms in total. The molecule has 30 heavy (non-hydrogen) atoms. The first-order chi connectivity index (χ1) is 14.6. The lowest BCUT2D eigenvalue weighted by molar-refractivity contribution is 0.0528. The van der Waals surface area contributed by atoms with Crippen molar-refractivity contribution >= 4 is 39.6 Å². The van der Waals surface area contributed by atoms with Crippen molar-refractivity contribution in [2.45, 2.75) is 26.3 Å². The minimum absolute atomic E-state index is 0.317. The highest BCUT2D eigenvalue weighted by Gasteiger charge is 2.22. The zero-order valence-corrected chi connectivity index (χ0v) is 18.5. The molecule has 0 atom stereocenters. The fourth-order valence-corrected chi connectivity index (χ4v) is 5.03. The largest absolute Gasteiger partial charge is 0.462 e. The lowest BCUT2D eigenvalue weighted by Gasteiger charge is -2.31. The van der Waals surface area contributed by atoms with E-state index in [0.717, 1.165) is 35.8 Å². The Morgan fingerprint density at radius 2 is 1.87 bits per heavy atom. The predicted octanol–water partition coefficient (Wildman–Crippen LogP) is 5.27. The third kappa shape index (κ3) is 4.71. The van der Waals surface area contributed by atoms with Crippen LogP contribution >= 0.6 is 23.6 Å². The number of carbonyl (C=O) groups excluding carboxylic acids is 1. The van der Waals surface area contributed by atoms with Crippen molar-refractivity contribution < 1.29 is 9.53 Å². The summed E-state index contributed by atoms with van der Waals surface area (Å²) < 4.78 is 5.28. The van der Waals surface area contributed by atoms with Crippen molar-refractivity contribution in [2.24, 2.45) is 0 Å². The molecule has 6 heteroatoms. The fourth-order valence-electron chi connectivity index (χ4n) is 3.62. The monoisotopic (exact) mass is 436 g/mol. The molecule has 0 saturated heterocycles. The summed E-state index contributed by atoms with van der Waals surface area (Å²) >= 11 is 7.26. The molecule has 1 aliphatic rings. The van der Waals surface area contributed by atoms with Crippen LogP contribution in [0.2, 0.25) is 0 Å². The number of hydrogen-bond donors (Lipinski definition) is 1. The fraction of sp³-hybridized carbons (Fsp3) is 0.250. The zero-order chi connectivity index (χ0) is 20.9. The van der Waals surface area contributed by atoms with Crippen LogP contribution in [0, 0.1) is 0 Å². The molecule has 0 amide bonds. The Hall–Kier alpha value is -2.70. The van der Waals surface area contributed by atoms with E-state index in [1.54, 1.807) is 11.3 Å². The Morgan fingerprint density at radius 1 is 1.13 bits per heavy atom. The highest BCUT2D eigenvalue weighted by Crippen LogP contribution is 2.31. The van der Waals surface area contributed by atoms with Crippen LogP contribution in [-0.2, 0) is 24.1 Å². The molecule has 2 aromatic carbocycles. The normalized spacial score (nSPS) is 12.9. The number of rotatable bonds is 5. The molecule has 1 N–H and O–H groups in total. The van der Waals surface area contributed by atoms with Gasteiger partial charge in [0.05, 0.1) is 12.2 Å². The van der Waals surface area contributed by atoms with Gasteiger partial charge in [0.1, 0.15) is 5.00 Å². The number of ether oxygens (including phenoxy) is 1. The Bertz CT molecular complexity index is 1050. The standard InChI is InChI=1S/C24H24N2O2S2/c1-2-28-23(27)21-15-20(14-17-8-4-3-5-9-17)30-22(21)25-24(29)26-13-12-18-10-6-7-11-19(18)16-26/h3-11,15H,2,12-14,16H2,1H3,(H,25,29). The predicted molar refractivity (Wildman–Crippen MR) is 126 cm³/mol. The third-order valence-electron chi connectivity index (χ3n) is 5.14. The highest BCUT2D eigenvalue weighted by atomic mass is 32.1. The molecule has 0 spiro atoms. The van der Waals surface area contributed by atoms with Gasteiger partial charge in [-0.3, -0.25) is 0 Å². The Balaban J connectivity index is 1.53. The van der Waals surface area contributed by atoms with Crippen molar-refractivity contribution in [2.75, 3.05) is 18.5 Å². The van der Waals surface area contributed by atoms with Gasteiger partial charge in [-0.15, -0.1) is 11.3 Å². The number of nitrogens with one attached hydrogen (secondary N) is 1. The van der Waals surface area contributed by atoms with Crippen LogP contribution in [0.1, 0.15) is 38.8 Å². The van der Waals surface area contributed by atoms with Gasteiger partial charge in [0, 0.05) is 24.4 Å². The molecule has 154 valence electrons. The van der Waals surface area contributed by atoms with Crippen LogP contribution in [0.3, 0.4) is 0 Å². The zero-order valence-electron chi connectivity index (χ0n) is 16.9. The molecule has 0 unspecified atom stereocenters. The number of benzene rings is 2. The summed E-state index contributed by atoms with van der Waals surface area (Å²) in [4.78, 5) is 15.8. The van der Waals surface area contributed by atoms with E-state index in [9.17, 15) is 4.79 Å². The number of thiocarbonyl (C=S) groups is 1. The van der Waals surface area contributed by atoms with Gasteiger partial charge in [0.2, 0.25) is 0 Å². The maximum absolute atomic E-state index is 12.5. The summed E-state index contributed by atoms with van der Waals surface area (Å²) in [6, 6.07) is 20.6. The summed E-state index contributed by atoms with van der Waals surface area (Å²) in [5.74, 6) is -0.317. The molecule has 3 aromatic rings. The topological polar surface area (TPSA) is 41.6 Å². The van der Waals surface area contributed by atoms with Gasteiger partial charge in [-0.1, -0.05) is 54.6 Å². The van der Waals surface area contributed by atoms with Crippen molar-refractivity contribution in [3.63, 3.8) is 0 Å². The average molecular weight is 437 g/mol. The molecule has 0 saturated carbocycles. The second kappa shape index (κ2) is 9.41. The quantitative estimate of drug-likeness (QED) is 0.436. The highest BCUT2D eigenvalue weighted by molar-refractivity contribution is 7.80. The number of carbonyl (C=O) groups is 1. The van der Waals surface area contributed by atoms with Crippen LogP contribution in [0.5, 0.6) is 0 Å². The van der Waals surface area contributed by atoms with Gasteiger partial charge in [-0.05, 0) is 48.3 Å². The van der Waals surface area contributed by atoms with Crippen molar-refractivity contribution in [1.29, 1.82) is 0 Å². The van der Waals surface area contributed by atoms with Crippen LogP contribution in [-0.4, -0.2) is 29.1 Å². The summed E-state index contributed by atoms with van der Waals surface area (Å²) in [6.07, 6.45) is 1.73. The molecule has 0 fully saturated rings. The van der Waals surface area contributed by atoms with E-state index in [1.165, 1.54) is 16.7 Å². The second-order valence-electron chi connectivity index (χ2n) is 7.21. The number of esters is 1. The smallest absolute Gasteiger partial charge is 0.341 e. The molecular weight excluding hydrogens is 412 g/mol. The van der Waals surface area contributed by atoms with Crippen LogP contribution < -0.4 is 5.32 Å². The van der Waals surface area contributed by atoms with Crippen LogP contribution in [0.25, 0.3) is 0 Å². The van der Waals surface area contributed by atoms with Gasteiger partial charge in [0.25, 0.3) is 0 Å². The van der Waals surface area contributed by atoms with E-state index >= 15 is 0 Å². The SMILES string of the molecule is CCOC(=O)c1cc(Cc2ccccc2)sc1NC(=S)N1CCc2ccccc2C1. The number of anilines is 1. The molecule has 2 heterocycles. The first-order valence-corrected chi connectivity index (χ1v) is 11.3. The average Bonchev–Trinajstić information content (AvgIpc) is 3.16. The second-order valence-corrected chi connectivity index (χ2v) is 8.73. The minimum atomic E-state index is -0.317. The molecule has 0 radical (unpaired) electrons. The minimum Gasteiger partial charge on any atom is -0.462 e. The van der Waals surface area contributed by atoms with E-state index in [0.29, 0.717) is 17.3 Å². The number of nitrogens with zero attached hydrogens (tertiary/aromatic N) is 1. The number of hydrogen-bond acceptors (Lipinski definition) is 4. The first kappa shape index (κ1) is 20.6. The van der Waals surface area contributed by atoms with E-state index in [1.807, 2.05) is 31.2 Å². The maximum Gasteiger partial charge on any atom is 0.341 e. The van der Waals surface area contributed by atoms with E-state index in [4.69, 9.17) is 17.0 Å². The van der Waals surface area contributed by atoms with E-state index in [2.05, 4.69) is 46.6 Å². The van der Waals surface area contributed by atoms with Gasteiger partial charge in [-0.25, -0.2) is 4.79 Å². The van der Waals surface area contributed by atoms with E-state index in [-0.39, 0.29) is 5.97 Å². The summed E-state index contributed by atoms with van der Waals surface area (Å²) in [5, 5.41) is 4.73. The molecule has 1 aromatic heterocycles. The van der Waals surface area contributed by atoms with Gasteiger partial charge < -0.3 is 15.0 Å².